The third kappa shape index (κ3) is 3.75. The zero-order valence-electron chi connectivity index (χ0n) is 15.9. The summed E-state index contributed by atoms with van der Waals surface area (Å²) in [6.45, 7) is 0.261. The molecule has 1 amide bonds. The number of amides is 1. The van der Waals surface area contributed by atoms with E-state index in [2.05, 4.69) is 0 Å². The molecule has 2 aliphatic rings. The van der Waals surface area contributed by atoms with Crippen molar-refractivity contribution >= 4 is 11.7 Å². The van der Waals surface area contributed by atoms with Crippen molar-refractivity contribution in [3.8, 4) is 5.75 Å². The molecule has 5 heteroatoms. The number of hydrogen-bond donors (Lipinski definition) is 0. The number of methoxy groups -OCH3 is 1. The van der Waals surface area contributed by atoms with Gasteiger partial charge in [-0.25, -0.2) is 9.18 Å². The summed E-state index contributed by atoms with van der Waals surface area (Å²) in [6, 6.07) is 14.4. The third-order valence-electron chi connectivity index (χ3n) is 5.57. The van der Waals surface area contributed by atoms with Gasteiger partial charge in [-0.1, -0.05) is 36.4 Å². The normalized spacial score (nSPS) is 21.1. The summed E-state index contributed by atoms with van der Waals surface area (Å²) in [7, 11) is 1.57. The molecule has 0 spiro atoms. The Hall–Kier alpha value is -2.82. The SMILES string of the molecule is COc1ccc(F)c(C2=CC3CCCC(C2)N3C(=O)OCc2ccccc2)c1. The molecule has 0 radical (unpaired) electrons. The number of hydrogen-bond acceptors (Lipinski definition) is 3. The van der Waals surface area contributed by atoms with Crippen molar-refractivity contribution in [3.05, 3.63) is 71.6 Å². The molecule has 1 saturated heterocycles. The van der Waals surface area contributed by atoms with E-state index in [1.807, 2.05) is 41.3 Å². The van der Waals surface area contributed by atoms with Gasteiger partial charge in [0, 0.05) is 11.6 Å². The largest absolute Gasteiger partial charge is 0.497 e. The molecule has 2 bridgehead atoms. The van der Waals surface area contributed by atoms with Crippen LogP contribution in [0.5, 0.6) is 5.75 Å². The standard InChI is InChI=1S/C23H24FNO3/c1-27-20-10-11-22(24)21(14-20)17-12-18-8-5-9-19(13-17)25(18)23(26)28-15-16-6-3-2-4-7-16/h2-4,6-7,10-12,14,18-19H,5,8-9,13,15H2,1H3. The molecule has 2 atom stereocenters. The molecule has 2 aromatic carbocycles. The zero-order valence-corrected chi connectivity index (χ0v) is 15.9. The number of nitrogens with zero attached hydrogens (tertiary/aromatic N) is 1. The first-order chi connectivity index (χ1) is 13.7. The molecule has 2 aliphatic heterocycles. The van der Waals surface area contributed by atoms with Gasteiger partial charge < -0.3 is 9.47 Å². The molecule has 0 aromatic heterocycles. The quantitative estimate of drug-likeness (QED) is 0.732. The van der Waals surface area contributed by atoms with Crippen molar-refractivity contribution in [2.24, 2.45) is 0 Å². The summed E-state index contributed by atoms with van der Waals surface area (Å²) in [5, 5.41) is 0. The molecule has 4 nitrogen and oxygen atoms in total. The van der Waals surface area contributed by atoms with Crippen LogP contribution in [0.4, 0.5) is 9.18 Å². The fraction of sp³-hybridized carbons (Fsp3) is 0.348. The molecular formula is C23H24FNO3. The Labute approximate surface area is 164 Å². The number of piperidine rings is 1. The highest BCUT2D eigenvalue weighted by molar-refractivity contribution is 5.75. The number of rotatable bonds is 4. The Kier molecular flexibility index (Phi) is 5.33. The van der Waals surface area contributed by atoms with E-state index in [-0.39, 0.29) is 30.6 Å². The zero-order chi connectivity index (χ0) is 19.5. The summed E-state index contributed by atoms with van der Waals surface area (Å²) >= 11 is 0. The van der Waals surface area contributed by atoms with Crippen LogP contribution in [0.2, 0.25) is 0 Å². The molecular weight excluding hydrogens is 357 g/mol. The van der Waals surface area contributed by atoms with Crippen LogP contribution in [-0.2, 0) is 11.3 Å². The van der Waals surface area contributed by atoms with Crippen molar-refractivity contribution in [1.82, 2.24) is 4.90 Å². The van der Waals surface area contributed by atoms with Gasteiger partial charge in [-0.2, -0.15) is 0 Å². The van der Waals surface area contributed by atoms with E-state index in [4.69, 9.17) is 9.47 Å². The summed E-state index contributed by atoms with van der Waals surface area (Å²) in [5.41, 5.74) is 2.47. The lowest BCUT2D eigenvalue weighted by Gasteiger charge is -2.44. The van der Waals surface area contributed by atoms with Crippen LogP contribution < -0.4 is 4.74 Å². The first-order valence-electron chi connectivity index (χ1n) is 9.69. The maximum Gasteiger partial charge on any atom is 0.410 e. The summed E-state index contributed by atoms with van der Waals surface area (Å²) in [6.07, 6.45) is 5.19. The lowest BCUT2D eigenvalue weighted by atomic mass is 9.83. The number of benzene rings is 2. The van der Waals surface area contributed by atoms with E-state index >= 15 is 0 Å². The smallest absolute Gasteiger partial charge is 0.410 e. The number of fused-ring (bicyclic) bond motifs is 2. The van der Waals surface area contributed by atoms with Crippen LogP contribution in [0.3, 0.4) is 0 Å². The lowest BCUT2D eigenvalue weighted by Crippen LogP contribution is -2.51. The number of halogens is 1. The summed E-state index contributed by atoms with van der Waals surface area (Å²) in [4.78, 5) is 14.6. The minimum absolute atomic E-state index is 0.0348. The topological polar surface area (TPSA) is 38.8 Å². The molecule has 4 rings (SSSR count). The van der Waals surface area contributed by atoms with Gasteiger partial charge >= 0.3 is 6.09 Å². The van der Waals surface area contributed by atoms with Crippen LogP contribution in [0, 0.1) is 5.82 Å². The number of carbonyl (C=O) groups excluding carboxylic acids is 1. The summed E-state index contributed by atoms with van der Waals surface area (Å²) in [5.74, 6) is 0.373. The fourth-order valence-corrected chi connectivity index (χ4v) is 4.19. The highest BCUT2D eigenvalue weighted by atomic mass is 19.1. The average Bonchev–Trinajstić information content (AvgIpc) is 2.72. The van der Waals surface area contributed by atoms with E-state index in [0.29, 0.717) is 17.7 Å². The molecule has 2 unspecified atom stereocenters. The molecule has 0 saturated carbocycles. The van der Waals surface area contributed by atoms with Crippen molar-refractivity contribution in [2.45, 2.75) is 44.4 Å². The average molecular weight is 381 g/mol. The second-order valence-electron chi connectivity index (χ2n) is 7.34. The molecule has 0 aliphatic carbocycles. The second kappa shape index (κ2) is 8.05. The van der Waals surface area contributed by atoms with Gasteiger partial charge in [-0.15, -0.1) is 0 Å². The summed E-state index contributed by atoms with van der Waals surface area (Å²) < 4.78 is 25.2. The Balaban J connectivity index is 1.53. The molecule has 146 valence electrons. The molecule has 0 N–H and O–H groups in total. The van der Waals surface area contributed by atoms with Gasteiger partial charge in [0.05, 0.1) is 13.2 Å². The maximum absolute atomic E-state index is 14.4. The highest BCUT2D eigenvalue weighted by Crippen LogP contribution is 2.39. The molecule has 28 heavy (non-hydrogen) atoms. The van der Waals surface area contributed by atoms with Crippen molar-refractivity contribution in [2.75, 3.05) is 7.11 Å². The van der Waals surface area contributed by atoms with Gasteiger partial charge in [0.15, 0.2) is 0 Å². The van der Waals surface area contributed by atoms with Crippen LogP contribution in [0.1, 0.15) is 36.8 Å². The van der Waals surface area contributed by atoms with Crippen LogP contribution in [-0.4, -0.2) is 30.2 Å². The Morgan fingerprint density at radius 3 is 2.75 bits per heavy atom. The minimum atomic E-state index is -0.292. The van der Waals surface area contributed by atoms with Crippen LogP contribution in [0.15, 0.2) is 54.6 Å². The predicted molar refractivity (Wildman–Crippen MR) is 105 cm³/mol. The monoisotopic (exact) mass is 381 g/mol. The van der Waals surface area contributed by atoms with E-state index in [1.54, 1.807) is 19.2 Å². The van der Waals surface area contributed by atoms with Gasteiger partial charge in [0.1, 0.15) is 18.2 Å². The van der Waals surface area contributed by atoms with Crippen molar-refractivity contribution < 1.29 is 18.7 Å². The first-order valence-corrected chi connectivity index (χ1v) is 9.69. The Morgan fingerprint density at radius 1 is 1.18 bits per heavy atom. The van der Waals surface area contributed by atoms with E-state index in [9.17, 15) is 9.18 Å². The number of carbonyl (C=O) groups is 1. The van der Waals surface area contributed by atoms with Gasteiger partial charge in [-0.3, -0.25) is 4.90 Å². The molecule has 2 aromatic rings. The fourth-order valence-electron chi connectivity index (χ4n) is 4.19. The second-order valence-corrected chi connectivity index (χ2v) is 7.34. The highest BCUT2D eigenvalue weighted by Gasteiger charge is 2.38. The van der Waals surface area contributed by atoms with Gasteiger partial charge in [-0.05, 0) is 55.0 Å². The van der Waals surface area contributed by atoms with Gasteiger partial charge in [0.25, 0.3) is 0 Å². The van der Waals surface area contributed by atoms with Crippen molar-refractivity contribution in [3.63, 3.8) is 0 Å². The molecule has 2 heterocycles. The Bertz CT molecular complexity index is 881. The minimum Gasteiger partial charge on any atom is -0.497 e. The van der Waals surface area contributed by atoms with Crippen LogP contribution in [0.25, 0.3) is 5.57 Å². The van der Waals surface area contributed by atoms with Crippen molar-refractivity contribution in [1.29, 1.82) is 0 Å². The lowest BCUT2D eigenvalue weighted by molar-refractivity contribution is 0.0510. The third-order valence-corrected chi connectivity index (χ3v) is 5.57. The Morgan fingerprint density at radius 2 is 2.00 bits per heavy atom. The maximum atomic E-state index is 14.4. The molecule has 1 fully saturated rings. The van der Waals surface area contributed by atoms with E-state index < -0.39 is 0 Å². The number of ether oxygens (including phenoxy) is 2. The van der Waals surface area contributed by atoms with Crippen LogP contribution >= 0.6 is 0 Å². The van der Waals surface area contributed by atoms with E-state index in [0.717, 1.165) is 30.4 Å². The predicted octanol–water partition coefficient (Wildman–Crippen LogP) is 5.18. The van der Waals surface area contributed by atoms with Gasteiger partial charge in [0.2, 0.25) is 0 Å². The first kappa shape index (κ1) is 18.5. The van der Waals surface area contributed by atoms with E-state index in [1.165, 1.54) is 6.07 Å².